The van der Waals surface area contributed by atoms with Crippen molar-refractivity contribution in [2.45, 2.75) is 12.0 Å². The van der Waals surface area contributed by atoms with Gasteiger partial charge in [0, 0.05) is 22.3 Å². The molecule has 1 unspecified atom stereocenters. The van der Waals surface area contributed by atoms with E-state index in [1.807, 2.05) is 5.32 Å². The van der Waals surface area contributed by atoms with Crippen LogP contribution in [0.25, 0.3) is 16.8 Å². The van der Waals surface area contributed by atoms with Crippen molar-refractivity contribution in [2.75, 3.05) is 12.3 Å². The predicted octanol–water partition coefficient (Wildman–Crippen LogP) is 4.66. The van der Waals surface area contributed by atoms with Crippen molar-refractivity contribution in [3.63, 3.8) is 0 Å². The van der Waals surface area contributed by atoms with Gasteiger partial charge in [0.05, 0.1) is 17.1 Å². The van der Waals surface area contributed by atoms with E-state index < -0.39 is 47.2 Å². The standard InChI is InChI=1S/C22H15Cl2F4N5O2/c23-11-1-2-13(15(25)8-11)19(34)22(27,28)9-30-20(35)17-14(24)4-3-12(18(17)26)10-5-6-33-16(7-10)31-21(29)32-33/h1-8,19,34H,9H2,(H2,29,32)(H,30,35). The van der Waals surface area contributed by atoms with E-state index in [9.17, 15) is 23.1 Å². The van der Waals surface area contributed by atoms with Crippen LogP contribution in [0.15, 0.2) is 48.7 Å². The lowest BCUT2D eigenvalue weighted by atomic mass is 10.0. The van der Waals surface area contributed by atoms with E-state index >= 15 is 4.39 Å². The van der Waals surface area contributed by atoms with Crippen molar-refractivity contribution in [3.05, 3.63) is 81.5 Å². The van der Waals surface area contributed by atoms with Crippen LogP contribution in [0.1, 0.15) is 22.0 Å². The van der Waals surface area contributed by atoms with Gasteiger partial charge in [-0.25, -0.2) is 22.1 Å². The van der Waals surface area contributed by atoms with E-state index in [0.717, 1.165) is 18.2 Å². The number of aliphatic hydroxyl groups is 1. The number of carbonyl (C=O) groups is 1. The lowest BCUT2D eigenvalue weighted by Gasteiger charge is -2.24. The maximum absolute atomic E-state index is 15.3. The molecular weight excluding hydrogens is 513 g/mol. The van der Waals surface area contributed by atoms with Gasteiger partial charge in [-0.05, 0) is 42.0 Å². The zero-order chi connectivity index (χ0) is 25.5. The normalized spacial score (nSPS) is 12.7. The highest BCUT2D eigenvalue weighted by atomic mass is 35.5. The highest BCUT2D eigenvalue weighted by Gasteiger charge is 2.41. The minimum Gasteiger partial charge on any atom is -0.382 e. The third kappa shape index (κ3) is 4.88. The molecule has 4 N–H and O–H groups in total. The number of benzene rings is 2. The summed E-state index contributed by atoms with van der Waals surface area (Å²) in [4.78, 5) is 16.6. The molecule has 1 atom stereocenters. The van der Waals surface area contributed by atoms with Crippen molar-refractivity contribution >= 4 is 40.7 Å². The molecule has 0 radical (unpaired) electrons. The Hall–Kier alpha value is -3.41. The molecule has 0 aliphatic carbocycles. The van der Waals surface area contributed by atoms with Crippen molar-refractivity contribution in [1.82, 2.24) is 19.9 Å². The minimum atomic E-state index is -4.01. The number of nitrogen functional groups attached to an aromatic ring is 1. The number of amides is 1. The van der Waals surface area contributed by atoms with Crippen LogP contribution < -0.4 is 11.1 Å². The second-order valence-corrected chi connectivity index (χ2v) is 8.33. The average molecular weight is 528 g/mol. The Balaban J connectivity index is 1.58. The molecule has 182 valence electrons. The molecule has 0 saturated carbocycles. The molecule has 4 rings (SSSR count). The Labute approximate surface area is 205 Å². The summed E-state index contributed by atoms with van der Waals surface area (Å²) in [7, 11) is 0. The molecule has 2 heterocycles. The van der Waals surface area contributed by atoms with E-state index in [4.69, 9.17) is 28.9 Å². The molecule has 0 fully saturated rings. The molecule has 35 heavy (non-hydrogen) atoms. The highest BCUT2D eigenvalue weighted by molar-refractivity contribution is 6.34. The summed E-state index contributed by atoms with van der Waals surface area (Å²) in [6.07, 6.45) is -1.13. The second-order valence-electron chi connectivity index (χ2n) is 7.48. The summed E-state index contributed by atoms with van der Waals surface area (Å²) in [5.41, 5.74) is 4.69. The summed E-state index contributed by atoms with van der Waals surface area (Å²) < 4.78 is 59.7. The van der Waals surface area contributed by atoms with Crippen LogP contribution in [0.4, 0.5) is 23.5 Å². The number of hydrogen-bond acceptors (Lipinski definition) is 5. The second kappa shape index (κ2) is 9.33. The number of alkyl halides is 2. The number of hydrogen-bond donors (Lipinski definition) is 3. The lowest BCUT2D eigenvalue weighted by molar-refractivity contribution is -0.107. The van der Waals surface area contributed by atoms with Gasteiger partial charge in [0.2, 0.25) is 5.95 Å². The van der Waals surface area contributed by atoms with E-state index in [0.29, 0.717) is 11.2 Å². The fourth-order valence-corrected chi connectivity index (χ4v) is 3.77. The number of carbonyl (C=O) groups excluding carboxylic acids is 1. The third-order valence-corrected chi connectivity index (χ3v) is 5.67. The molecule has 0 bridgehead atoms. The molecule has 0 aliphatic rings. The van der Waals surface area contributed by atoms with Crippen LogP contribution in [0.5, 0.6) is 0 Å². The molecular formula is C22H15Cl2F4N5O2. The molecule has 4 aromatic rings. The van der Waals surface area contributed by atoms with Gasteiger partial charge in [0.1, 0.15) is 17.7 Å². The number of fused-ring (bicyclic) bond motifs is 1. The van der Waals surface area contributed by atoms with Crippen LogP contribution in [-0.4, -0.2) is 38.1 Å². The van der Waals surface area contributed by atoms with E-state index in [2.05, 4.69) is 10.1 Å². The van der Waals surface area contributed by atoms with Gasteiger partial charge in [-0.1, -0.05) is 29.3 Å². The molecule has 0 aliphatic heterocycles. The Morgan fingerprint density at radius 2 is 1.91 bits per heavy atom. The van der Waals surface area contributed by atoms with E-state index in [1.165, 1.54) is 35.0 Å². The van der Waals surface area contributed by atoms with E-state index in [-0.39, 0.29) is 21.6 Å². The van der Waals surface area contributed by atoms with Gasteiger partial charge in [-0.2, -0.15) is 4.98 Å². The van der Waals surface area contributed by atoms with Crippen LogP contribution >= 0.6 is 23.2 Å². The molecule has 13 heteroatoms. The largest absolute Gasteiger partial charge is 0.382 e. The fourth-order valence-electron chi connectivity index (χ4n) is 3.38. The highest BCUT2D eigenvalue weighted by Crippen LogP contribution is 2.34. The number of anilines is 1. The predicted molar refractivity (Wildman–Crippen MR) is 121 cm³/mol. The van der Waals surface area contributed by atoms with Crippen molar-refractivity contribution < 1.29 is 27.5 Å². The van der Waals surface area contributed by atoms with Crippen LogP contribution in [0.3, 0.4) is 0 Å². The first kappa shape index (κ1) is 24.7. The summed E-state index contributed by atoms with van der Waals surface area (Å²) >= 11 is 11.6. The summed E-state index contributed by atoms with van der Waals surface area (Å²) in [6.45, 7) is -1.43. The Kier molecular flexibility index (Phi) is 6.58. The topological polar surface area (TPSA) is 106 Å². The van der Waals surface area contributed by atoms with Crippen molar-refractivity contribution in [2.24, 2.45) is 0 Å². The van der Waals surface area contributed by atoms with Crippen LogP contribution in [0.2, 0.25) is 10.0 Å². The summed E-state index contributed by atoms with van der Waals surface area (Å²) in [5.74, 6) is -7.49. The number of nitrogens with zero attached hydrogens (tertiary/aromatic N) is 3. The Morgan fingerprint density at radius 1 is 1.17 bits per heavy atom. The quantitative estimate of drug-likeness (QED) is 0.316. The van der Waals surface area contributed by atoms with Gasteiger partial charge < -0.3 is 16.2 Å². The Morgan fingerprint density at radius 3 is 2.63 bits per heavy atom. The van der Waals surface area contributed by atoms with Crippen molar-refractivity contribution in [3.8, 4) is 11.1 Å². The van der Waals surface area contributed by atoms with Gasteiger partial charge in [-0.3, -0.25) is 4.79 Å². The maximum atomic E-state index is 15.3. The average Bonchev–Trinajstić information content (AvgIpc) is 3.16. The third-order valence-electron chi connectivity index (χ3n) is 5.12. The SMILES string of the molecule is Nc1nc2cc(-c3ccc(Cl)c(C(=O)NCC(F)(F)C(O)c4ccc(Cl)cc4F)c3F)ccn2n1. The molecule has 2 aromatic carbocycles. The number of rotatable bonds is 6. The molecule has 2 aromatic heterocycles. The van der Waals surface area contributed by atoms with Crippen molar-refractivity contribution in [1.29, 1.82) is 0 Å². The van der Waals surface area contributed by atoms with E-state index in [1.54, 1.807) is 0 Å². The van der Waals surface area contributed by atoms with Crippen LogP contribution in [0, 0.1) is 11.6 Å². The zero-order valence-electron chi connectivity index (χ0n) is 17.4. The Bertz CT molecular complexity index is 1450. The lowest BCUT2D eigenvalue weighted by Crippen LogP contribution is -2.41. The van der Waals surface area contributed by atoms with Gasteiger partial charge in [-0.15, -0.1) is 5.10 Å². The van der Waals surface area contributed by atoms with Gasteiger partial charge in [0.25, 0.3) is 11.8 Å². The van der Waals surface area contributed by atoms with Gasteiger partial charge >= 0.3 is 0 Å². The number of aliphatic hydroxyl groups excluding tert-OH is 1. The maximum Gasteiger partial charge on any atom is 0.294 e. The fraction of sp³-hybridized carbons (Fsp3) is 0.136. The first-order valence-corrected chi connectivity index (χ1v) is 10.6. The minimum absolute atomic E-state index is 0.000363. The number of aromatic nitrogens is 3. The first-order valence-electron chi connectivity index (χ1n) is 9.87. The molecule has 7 nitrogen and oxygen atoms in total. The number of nitrogens with two attached hydrogens (primary N) is 1. The molecule has 1 amide bonds. The number of halogens is 6. The number of nitrogens with one attached hydrogen (secondary N) is 1. The summed E-state index contributed by atoms with van der Waals surface area (Å²) in [5, 5.41) is 15.4. The molecule has 0 saturated heterocycles. The summed E-state index contributed by atoms with van der Waals surface area (Å²) in [6, 6.07) is 8.28. The van der Waals surface area contributed by atoms with Crippen LogP contribution in [-0.2, 0) is 0 Å². The smallest absolute Gasteiger partial charge is 0.294 e. The first-order chi connectivity index (χ1) is 16.5. The molecule has 0 spiro atoms. The monoisotopic (exact) mass is 527 g/mol. The zero-order valence-corrected chi connectivity index (χ0v) is 19.0. The van der Waals surface area contributed by atoms with Gasteiger partial charge in [0.15, 0.2) is 5.65 Å². The number of pyridine rings is 1.